The molecule has 5 aromatic rings. The Morgan fingerprint density at radius 1 is 0.829 bits per heavy atom. The quantitative estimate of drug-likeness (QED) is 0.366. The Morgan fingerprint density at radius 3 is 2.37 bits per heavy atom. The largest absolute Gasteiger partial charge is 0.497 e. The van der Waals surface area contributed by atoms with Crippen molar-refractivity contribution in [3.8, 4) is 17.2 Å². The Balaban J connectivity index is 1.77. The summed E-state index contributed by atoms with van der Waals surface area (Å²) in [5, 5.41) is 0. The number of rotatable bonds is 7. The molecule has 0 bridgehead atoms. The molecule has 2 heterocycles. The summed E-state index contributed by atoms with van der Waals surface area (Å²) < 4.78 is 15.3. The molecule has 2 aromatic heterocycles. The number of ether oxygens (including phenoxy) is 2. The van der Waals surface area contributed by atoms with Crippen LogP contribution in [-0.4, -0.2) is 32.9 Å². The fourth-order valence-electron chi connectivity index (χ4n) is 4.20. The second-order valence-corrected chi connectivity index (χ2v) is 8.05. The van der Waals surface area contributed by atoms with E-state index in [2.05, 4.69) is 4.98 Å². The minimum atomic E-state index is -0.470. The summed E-state index contributed by atoms with van der Waals surface area (Å²) >= 11 is 0. The minimum Gasteiger partial charge on any atom is -0.497 e. The van der Waals surface area contributed by atoms with Crippen molar-refractivity contribution in [3.63, 3.8) is 0 Å². The Labute approximate surface area is 201 Å². The maximum absolute atomic E-state index is 13.7. The highest BCUT2D eigenvalue weighted by Gasteiger charge is 2.20. The van der Waals surface area contributed by atoms with Gasteiger partial charge in [-0.15, -0.1) is 0 Å². The molecule has 8 heteroatoms. The van der Waals surface area contributed by atoms with Gasteiger partial charge in [0.2, 0.25) is 0 Å². The third kappa shape index (κ3) is 4.10. The maximum Gasteiger partial charge on any atom is 0.337 e. The van der Waals surface area contributed by atoms with Gasteiger partial charge >= 0.3 is 5.69 Å². The fraction of sp³-hybridized carbons (Fsp3) is 0.148. The lowest BCUT2D eigenvalue weighted by Gasteiger charge is -2.14. The van der Waals surface area contributed by atoms with Crippen molar-refractivity contribution >= 4 is 11.2 Å². The van der Waals surface area contributed by atoms with Crippen LogP contribution in [0.5, 0.6) is 11.5 Å². The Kier molecular flexibility index (Phi) is 5.93. The summed E-state index contributed by atoms with van der Waals surface area (Å²) in [7, 11) is 3.17. The van der Waals surface area contributed by atoms with Crippen LogP contribution < -0.4 is 20.7 Å². The van der Waals surface area contributed by atoms with Gasteiger partial charge in [0.1, 0.15) is 11.5 Å². The molecule has 0 unspecified atom stereocenters. The first-order valence-electron chi connectivity index (χ1n) is 11.1. The summed E-state index contributed by atoms with van der Waals surface area (Å²) in [5.41, 5.74) is 2.04. The Hall–Kier alpha value is -4.59. The van der Waals surface area contributed by atoms with Crippen molar-refractivity contribution in [2.24, 2.45) is 0 Å². The fourth-order valence-corrected chi connectivity index (χ4v) is 4.20. The van der Waals surface area contributed by atoms with Gasteiger partial charge in [0.05, 0.1) is 39.3 Å². The number of nitrogens with zero attached hydrogens (tertiary/aromatic N) is 4. The van der Waals surface area contributed by atoms with Crippen LogP contribution in [0, 0.1) is 0 Å². The van der Waals surface area contributed by atoms with Crippen molar-refractivity contribution in [2.75, 3.05) is 14.2 Å². The van der Waals surface area contributed by atoms with Gasteiger partial charge in [0.15, 0.2) is 11.2 Å². The van der Waals surface area contributed by atoms with Gasteiger partial charge in [0.25, 0.3) is 5.56 Å². The molecule has 0 aliphatic carbocycles. The molecule has 0 saturated carbocycles. The molecule has 0 fully saturated rings. The van der Waals surface area contributed by atoms with E-state index in [0.29, 0.717) is 29.2 Å². The van der Waals surface area contributed by atoms with Crippen LogP contribution in [0.3, 0.4) is 0 Å². The highest BCUT2D eigenvalue weighted by Crippen LogP contribution is 2.22. The summed E-state index contributed by atoms with van der Waals surface area (Å²) in [6.07, 6.45) is 1.58. The number of fused-ring (bicyclic) bond motifs is 1. The summed E-state index contributed by atoms with van der Waals surface area (Å²) in [5.74, 6) is 1.30. The molecule has 35 heavy (non-hydrogen) atoms. The third-order valence-electron chi connectivity index (χ3n) is 5.93. The number of imidazole rings is 1. The van der Waals surface area contributed by atoms with Crippen molar-refractivity contribution < 1.29 is 9.47 Å². The van der Waals surface area contributed by atoms with E-state index in [4.69, 9.17) is 9.47 Å². The molecule has 0 spiro atoms. The normalized spacial score (nSPS) is 11.0. The van der Waals surface area contributed by atoms with Crippen LogP contribution in [-0.2, 0) is 13.1 Å². The molecular weight excluding hydrogens is 444 g/mol. The van der Waals surface area contributed by atoms with E-state index in [1.54, 1.807) is 49.4 Å². The van der Waals surface area contributed by atoms with Crippen molar-refractivity contribution in [3.05, 3.63) is 117 Å². The predicted molar refractivity (Wildman–Crippen MR) is 134 cm³/mol. The second kappa shape index (κ2) is 9.34. The van der Waals surface area contributed by atoms with Crippen LogP contribution in [0.2, 0.25) is 0 Å². The van der Waals surface area contributed by atoms with Crippen LogP contribution in [0.4, 0.5) is 0 Å². The van der Waals surface area contributed by atoms with E-state index in [9.17, 15) is 9.59 Å². The lowest BCUT2D eigenvalue weighted by atomic mass is 10.2. The molecule has 0 radical (unpaired) electrons. The molecule has 176 valence electrons. The molecule has 0 saturated heterocycles. The highest BCUT2D eigenvalue weighted by molar-refractivity contribution is 5.73. The SMILES string of the molecule is COc1cccc(-n2c(=O)n(Cc3ccccc3)c(=O)c3c2ncn3Cc2ccccc2OC)c1. The Morgan fingerprint density at radius 2 is 1.60 bits per heavy atom. The number of hydrogen-bond donors (Lipinski definition) is 0. The second-order valence-electron chi connectivity index (χ2n) is 8.05. The van der Waals surface area contributed by atoms with Crippen molar-refractivity contribution in [1.82, 2.24) is 18.7 Å². The molecule has 0 aliphatic rings. The van der Waals surface area contributed by atoms with Gasteiger partial charge < -0.3 is 14.0 Å². The molecule has 0 atom stereocenters. The predicted octanol–water partition coefficient (Wildman–Crippen LogP) is 3.46. The molecule has 0 amide bonds. The Bertz CT molecular complexity index is 1620. The van der Waals surface area contributed by atoms with E-state index in [1.807, 2.05) is 54.6 Å². The molecule has 8 nitrogen and oxygen atoms in total. The zero-order chi connectivity index (χ0) is 24.4. The molecular formula is C27H24N4O4. The zero-order valence-electron chi connectivity index (χ0n) is 19.4. The number of para-hydroxylation sites is 1. The van der Waals surface area contributed by atoms with E-state index >= 15 is 0 Å². The number of benzene rings is 3. The first-order valence-corrected chi connectivity index (χ1v) is 11.1. The van der Waals surface area contributed by atoms with Gasteiger partial charge in [-0.3, -0.25) is 9.36 Å². The molecule has 5 rings (SSSR count). The average molecular weight is 469 g/mol. The van der Waals surface area contributed by atoms with E-state index in [0.717, 1.165) is 11.1 Å². The zero-order valence-corrected chi connectivity index (χ0v) is 19.4. The van der Waals surface area contributed by atoms with Crippen LogP contribution in [0.15, 0.2) is 94.8 Å². The third-order valence-corrected chi connectivity index (χ3v) is 5.93. The lowest BCUT2D eigenvalue weighted by molar-refractivity contribution is 0.408. The average Bonchev–Trinajstić information content (AvgIpc) is 3.31. The summed E-state index contributed by atoms with van der Waals surface area (Å²) in [4.78, 5) is 31.9. The minimum absolute atomic E-state index is 0.137. The van der Waals surface area contributed by atoms with Crippen molar-refractivity contribution in [2.45, 2.75) is 13.1 Å². The van der Waals surface area contributed by atoms with Gasteiger partial charge in [-0.25, -0.2) is 14.3 Å². The molecule has 0 aliphatic heterocycles. The van der Waals surface area contributed by atoms with E-state index < -0.39 is 11.2 Å². The number of hydrogen-bond acceptors (Lipinski definition) is 5. The smallest absolute Gasteiger partial charge is 0.337 e. The van der Waals surface area contributed by atoms with Crippen LogP contribution in [0.25, 0.3) is 16.9 Å². The van der Waals surface area contributed by atoms with Gasteiger partial charge in [-0.05, 0) is 23.8 Å². The number of aromatic nitrogens is 4. The topological polar surface area (TPSA) is 80.3 Å². The van der Waals surface area contributed by atoms with Crippen LogP contribution >= 0.6 is 0 Å². The van der Waals surface area contributed by atoms with Gasteiger partial charge in [-0.2, -0.15) is 0 Å². The van der Waals surface area contributed by atoms with Gasteiger partial charge in [-0.1, -0.05) is 54.6 Å². The van der Waals surface area contributed by atoms with Crippen molar-refractivity contribution in [1.29, 1.82) is 0 Å². The molecule has 0 N–H and O–H groups in total. The lowest BCUT2D eigenvalue weighted by Crippen LogP contribution is -2.40. The summed E-state index contributed by atoms with van der Waals surface area (Å²) in [6, 6.07) is 24.2. The van der Waals surface area contributed by atoms with Crippen LogP contribution in [0.1, 0.15) is 11.1 Å². The first-order chi connectivity index (χ1) is 17.1. The standard InChI is InChI=1S/C27H24N4O4/c1-34-22-13-8-12-21(15-22)31-25-24(26(32)30(27(31)33)16-19-9-4-3-5-10-19)29(18-28-25)17-20-11-6-7-14-23(20)35-2/h3-15,18H,16-17H2,1-2H3. The monoisotopic (exact) mass is 468 g/mol. The van der Waals surface area contributed by atoms with Gasteiger partial charge in [0, 0.05) is 11.6 Å². The maximum atomic E-state index is 13.7. The number of methoxy groups -OCH3 is 2. The molecule has 3 aromatic carbocycles. The summed E-state index contributed by atoms with van der Waals surface area (Å²) in [6.45, 7) is 0.496. The first kappa shape index (κ1) is 22.2. The highest BCUT2D eigenvalue weighted by atomic mass is 16.5. The van der Waals surface area contributed by atoms with E-state index in [-0.39, 0.29) is 12.2 Å². The van der Waals surface area contributed by atoms with E-state index in [1.165, 1.54) is 9.13 Å².